The average Bonchev–Trinajstić information content (AvgIpc) is 3.33. The van der Waals surface area contributed by atoms with Crippen LogP contribution < -0.4 is 4.74 Å². The van der Waals surface area contributed by atoms with Crippen LogP contribution >= 0.6 is 24.0 Å². The van der Waals surface area contributed by atoms with Crippen molar-refractivity contribution in [1.29, 1.82) is 0 Å². The molecule has 0 radical (unpaired) electrons. The van der Waals surface area contributed by atoms with Crippen LogP contribution in [0.25, 0.3) is 23.0 Å². The summed E-state index contributed by atoms with van der Waals surface area (Å²) in [7, 11) is -2.64. The lowest BCUT2D eigenvalue weighted by Crippen LogP contribution is -2.32. The van der Waals surface area contributed by atoms with Gasteiger partial charge in [0.1, 0.15) is 15.8 Å². The topological polar surface area (TPSA) is 102 Å². The summed E-state index contributed by atoms with van der Waals surface area (Å²) in [4.78, 5) is 14.4. The number of ether oxygens (including phenoxy) is 1. The second-order valence-corrected chi connectivity index (χ2v) is 10.3. The molecule has 0 aliphatic carbocycles. The number of methoxy groups -OCH3 is 1. The summed E-state index contributed by atoms with van der Waals surface area (Å²) in [5, 5.41) is 4.74. The molecule has 170 valence electrons. The van der Waals surface area contributed by atoms with Gasteiger partial charge >= 0.3 is 0 Å². The van der Waals surface area contributed by atoms with Crippen molar-refractivity contribution in [3.63, 3.8) is 0 Å². The van der Waals surface area contributed by atoms with Crippen LogP contribution in [0.2, 0.25) is 0 Å². The Labute approximate surface area is 200 Å². The van der Waals surface area contributed by atoms with Crippen molar-refractivity contribution in [2.45, 2.75) is 0 Å². The van der Waals surface area contributed by atoms with E-state index in [1.807, 2.05) is 60.8 Å². The largest absolute Gasteiger partial charge is 0.497 e. The predicted molar refractivity (Wildman–Crippen MR) is 132 cm³/mol. The molecule has 33 heavy (non-hydrogen) atoms. The maximum atomic E-state index is 12.9. The summed E-state index contributed by atoms with van der Waals surface area (Å²) in [6, 6.07) is 17.0. The summed E-state index contributed by atoms with van der Waals surface area (Å²) in [6.07, 6.45) is 3.50. The van der Waals surface area contributed by atoms with Crippen LogP contribution in [0, 0.1) is 0 Å². The molecule has 0 spiro atoms. The summed E-state index contributed by atoms with van der Waals surface area (Å²) in [5.74, 6) is -0.338. The number of carbonyl (C=O) groups excluding carboxylic acids is 1. The van der Waals surface area contributed by atoms with E-state index in [4.69, 9.17) is 26.6 Å². The lowest BCUT2D eigenvalue weighted by Gasteiger charge is -2.12. The second-order valence-electron chi connectivity index (χ2n) is 7.06. The van der Waals surface area contributed by atoms with Gasteiger partial charge in [-0.15, -0.1) is 0 Å². The van der Waals surface area contributed by atoms with Gasteiger partial charge in [-0.25, -0.2) is 4.68 Å². The number of hydrogen-bond donors (Lipinski definition) is 1. The highest BCUT2D eigenvalue weighted by Crippen LogP contribution is 2.35. The number of nitrogens with zero attached hydrogens (tertiary/aromatic N) is 3. The van der Waals surface area contributed by atoms with Crippen LogP contribution in [0.3, 0.4) is 0 Å². The smallest absolute Gasteiger partial charge is 0.266 e. The van der Waals surface area contributed by atoms with Crippen LogP contribution in [0.4, 0.5) is 0 Å². The van der Waals surface area contributed by atoms with Gasteiger partial charge in [-0.2, -0.15) is 13.5 Å². The first-order chi connectivity index (χ1) is 15.7. The third-order valence-corrected chi connectivity index (χ3v) is 6.92. The molecule has 4 rings (SSSR count). The van der Waals surface area contributed by atoms with E-state index in [2.05, 4.69) is 0 Å². The SMILES string of the molecule is COc1cccc(-c2nn(-c3ccccc3)cc2/C=C2/SC(=S)N(CCS(=O)(=O)O)C2=O)c1. The minimum atomic E-state index is -4.22. The van der Waals surface area contributed by atoms with Crippen molar-refractivity contribution in [3.05, 3.63) is 71.3 Å². The van der Waals surface area contributed by atoms with Crippen LogP contribution in [-0.4, -0.2) is 57.3 Å². The first kappa shape index (κ1) is 23.2. The van der Waals surface area contributed by atoms with E-state index < -0.39 is 21.8 Å². The van der Waals surface area contributed by atoms with Gasteiger partial charge in [0, 0.05) is 23.9 Å². The van der Waals surface area contributed by atoms with Crippen molar-refractivity contribution in [3.8, 4) is 22.7 Å². The van der Waals surface area contributed by atoms with Gasteiger partial charge in [0.2, 0.25) is 0 Å². The lowest BCUT2D eigenvalue weighted by atomic mass is 10.1. The molecule has 1 fully saturated rings. The van der Waals surface area contributed by atoms with Crippen molar-refractivity contribution in [2.75, 3.05) is 19.4 Å². The Kier molecular flexibility index (Phi) is 6.66. The molecular weight excluding hydrogens is 482 g/mol. The zero-order chi connectivity index (χ0) is 23.6. The third kappa shape index (κ3) is 5.33. The first-order valence-corrected chi connectivity index (χ1v) is 12.6. The highest BCUT2D eigenvalue weighted by atomic mass is 32.2. The zero-order valence-electron chi connectivity index (χ0n) is 17.4. The zero-order valence-corrected chi connectivity index (χ0v) is 19.9. The maximum absolute atomic E-state index is 12.9. The molecule has 1 aliphatic heterocycles. The predicted octanol–water partition coefficient (Wildman–Crippen LogP) is 3.64. The quantitative estimate of drug-likeness (QED) is 0.298. The Morgan fingerprint density at radius 3 is 2.64 bits per heavy atom. The number of para-hydroxylation sites is 1. The molecule has 0 atom stereocenters. The van der Waals surface area contributed by atoms with Gasteiger partial charge in [0.15, 0.2) is 0 Å². The number of benzene rings is 2. The third-order valence-electron chi connectivity index (χ3n) is 4.84. The van der Waals surface area contributed by atoms with E-state index >= 15 is 0 Å². The Balaban J connectivity index is 1.75. The number of carbonyl (C=O) groups is 1. The summed E-state index contributed by atoms with van der Waals surface area (Å²) in [6.45, 7) is -0.215. The van der Waals surface area contributed by atoms with E-state index in [1.54, 1.807) is 17.9 Å². The molecule has 0 saturated carbocycles. The highest BCUT2D eigenvalue weighted by Gasteiger charge is 2.33. The molecule has 1 N–H and O–H groups in total. The van der Waals surface area contributed by atoms with E-state index in [0.717, 1.165) is 23.0 Å². The number of rotatable bonds is 7. The van der Waals surface area contributed by atoms with Gasteiger partial charge < -0.3 is 4.74 Å². The molecule has 2 aromatic carbocycles. The van der Waals surface area contributed by atoms with Gasteiger partial charge in [-0.05, 0) is 30.3 Å². The van der Waals surface area contributed by atoms with Crippen LogP contribution in [-0.2, 0) is 14.9 Å². The molecule has 1 aromatic heterocycles. The fraction of sp³-hybridized carbons (Fsp3) is 0.136. The minimum Gasteiger partial charge on any atom is -0.497 e. The van der Waals surface area contributed by atoms with Gasteiger partial charge in [0.25, 0.3) is 16.0 Å². The van der Waals surface area contributed by atoms with E-state index in [1.165, 1.54) is 4.90 Å². The number of hydrogen-bond acceptors (Lipinski definition) is 7. The Hall–Kier alpha value is -2.99. The molecule has 1 amide bonds. The summed E-state index contributed by atoms with van der Waals surface area (Å²) >= 11 is 6.33. The van der Waals surface area contributed by atoms with Crippen LogP contribution in [0.1, 0.15) is 5.56 Å². The second kappa shape index (κ2) is 9.48. The standard InChI is InChI=1S/C22H19N3O5S3/c1-30-18-9-5-6-15(12-18)20-16(14-25(23-20)17-7-3-2-4-8-17)13-19-21(26)24(22(31)32-19)10-11-33(27,28)29/h2-9,12-14H,10-11H2,1H3,(H,27,28,29)/b19-13+. The molecule has 0 unspecified atom stereocenters. The van der Waals surface area contributed by atoms with E-state index in [-0.39, 0.29) is 10.9 Å². The van der Waals surface area contributed by atoms with Crippen molar-refractivity contribution >= 4 is 50.4 Å². The van der Waals surface area contributed by atoms with Crippen LogP contribution in [0.5, 0.6) is 5.75 Å². The number of amides is 1. The fourth-order valence-corrected chi connectivity index (χ4v) is 4.95. The van der Waals surface area contributed by atoms with Gasteiger partial charge in [-0.3, -0.25) is 14.2 Å². The van der Waals surface area contributed by atoms with Gasteiger partial charge in [-0.1, -0.05) is 54.3 Å². The molecule has 2 heterocycles. The summed E-state index contributed by atoms with van der Waals surface area (Å²) in [5.41, 5.74) is 2.97. The molecule has 1 aliphatic rings. The monoisotopic (exact) mass is 501 g/mol. The van der Waals surface area contributed by atoms with Crippen molar-refractivity contribution < 1.29 is 22.5 Å². The Bertz CT molecular complexity index is 1350. The first-order valence-electron chi connectivity index (χ1n) is 9.75. The minimum absolute atomic E-state index is 0.215. The molecule has 11 heteroatoms. The lowest BCUT2D eigenvalue weighted by molar-refractivity contribution is -0.121. The highest BCUT2D eigenvalue weighted by molar-refractivity contribution is 8.26. The van der Waals surface area contributed by atoms with Crippen molar-refractivity contribution in [2.24, 2.45) is 0 Å². The average molecular weight is 502 g/mol. The normalized spacial score (nSPS) is 15.5. The number of thioether (sulfide) groups is 1. The van der Waals surface area contributed by atoms with E-state index in [9.17, 15) is 13.2 Å². The van der Waals surface area contributed by atoms with E-state index in [0.29, 0.717) is 21.9 Å². The fourth-order valence-electron chi connectivity index (χ4n) is 3.24. The number of aromatic nitrogens is 2. The van der Waals surface area contributed by atoms with Gasteiger partial charge in [0.05, 0.1) is 23.5 Å². The van der Waals surface area contributed by atoms with Crippen molar-refractivity contribution in [1.82, 2.24) is 14.7 Å². The Morgan fingerprint density at radius 1 is 1.18 bits per heavy atom. The molecule has 0 bridgehead atoms. The Morgan fingerprint density at radius 2 is 1.94 bits per heavy atom. The molecule has 1 saturated heterocycles. The maximum Gasteiger partial charge on any atom is 0.266 e. The number of thiocarbonyl (C=S) groups is 1. The summed E-state index contributed by atoms with van der Waals surface area (Å²) < 4.78 is 38.5. The molecule has 8 nitrogen and oxygen atoms in total. The molecule has 3 aromatic rings. The molecular formula is C22H19N3O5S3. The van der Waals surface area contributed by atoms with Crippen LogP contribution in [0.15, 0.2) is 65.7 Å².